The van der Waals surface area contributed by atoms with Crippen molar-refractivity contribution in [2.75, 3.05) is 18.1 Å². The highest BCUT2D eigenvalue weighted by atomic mass is 16.2. The molecule has 0 aliphatic heterocycles. The zero-order valence-corrected chi connectivity index (χ0v) is 8.24. The van der Waals surface area contributed by atoms with Crippen LogP contribution in [0.3, 0.4) is 0 Å². The zero-order valence-electron chi connectivity index (χ0n) is 8.24. The van der Waals surface area contributed by atoms with Crippen LogP contribution >= 0.6 is 0 Å². The summed E-state index contributed by atoms with van der Waals surface area (Å²) < 4.78 is 0. The first-order valence-corrected chi connectivity index (χ1v) is 4.32. The number of carbonyl (C=O) groups is 1. The van der Waals surface area contributed by atoms with Crippen molar-refractivity contribution in [3.05, 3.63) is 18.5 Å². The number of hydrogen-bond acceptors (Lipinski definition) is 4. The summed E-state index contributed by atoms with van der Waals surface area (Å²) in [5.41, 5.74) is 6.90. The van der Waals surface area contributed by atoms with E-state index in [2.05, 4.69) is 15.6 Å². The Morgan fingerprint density at radius 1 is 1.64 bits per heavy atom. The third-order valence-electron chi connectivity index (χ3n) is 1.86. The molecule has 0 aliphatic carbocycles. The summed E-state index contributed by atoms with van der Waals surface area (Å²) >= 11 is 0. The van der Waals surface area contributed by atoms with Gasteiger partial charge in [0.15, 0.2) is 0 Å². The lowest BCUT2D eigenvalue weighted by atomic mass is 10.2. The van der Waals surface area contributed by atoms with E-state index in [1.165, 1.54) is 0 Å². The number of amides is 1. The molecule has 1 rings (SSSR count). The van der Waals surface area contributed by atoms with Gasteiger partial charge in [-0.05, 0) is 13.0 Å². The summed E-state index contributed by atoms with van der Waals surface area (Å²) in [4.78, 5) is 15.0. The lowest BCUT2D eigenvalue weighted by Gasteiger charge is -2.14. The van der Waals surface area contributed by atoms with Crippen molar-refractivity contribution in [1.82, 2.24) is 10.3 Å². The third kappa shape index (κ3) is 2.35. The zero-order chi connectivity index (χ0) is 10.6. The quantitative estimate of drug-likeness (QED) is 0.642. The Morgan fingerprint density at radius 3 is 2.93 bits per heavy atom. The molecule has 0 radical (unpaired) electrons. The van der Waals surface area contributed by atoms with Gasteiger partial charge < -0.3 is 16.4 Å². The van der Waals surface area contributed by atoms with Crippen LogP contribution in [-0.4, -0.2) is 24.0 Å². The van der Waals surface area contributed by atoms with Crippen molar-refractivity contribution in [2.45, 2.75) is 13.0 Å². The van der Waals surface area contributed by atoms with E-state index in [0.717, 1.165) is 5.69 Å². The number of nitrogen functional groups attached to an aromatic ring is 1. The average molecular weight is 194 g/mol. The minimum absolute atomic E-state index is 0.0822. The fraction of sp³-hybridized carbons (Fsp3) is 0.333. The maximum atomic E-state index is 11.2. The molecule has 0 saturated carbocycles. The van der Waals surface area contributed by atoms with E-state index in [1.54, 1.807) is 32.4 Å². The number of hydrogen-bond donors (Lipinski definition) is 3. The lowest BCUT2D eigenvalue weighted by Crippen LogP contribution is -2.35. The van der Waals surface area contributed by atoms with Crippen molar-refractivity contribution < 1.29 is 4.79 Å². The minimum Gasteiger partial charge on any atom is -0.396 e. The molecule has 0 aliphatic rings. The van der Waals surface area contributed by atoms with Gasteiger partial charge in [0.2, 0.25) is 5.91 Å². The summed E-state index contributed by atoms with van der Waals surface area (Å²) in [6.07, 6.45) is 3.16. The first-order chi connectivity index (χ1) is 6.65. The van der Waals surface area contributed by atoms with Crippen LogP contribution in [0.15, 0.2) is 18.5 Å². The molecule has 1 unspecified atom stereocenters. The predicted octanol–water partition coefficient (Wildman–Crippen LogP) is 0.210. The smallest absolute Gasteiger partial charge is 0.241 e. The van der Waals surface area contributed by atoms with Gasteiger partial charge in [0.25, 0.3) is 0 Å². The number of nitrogens with zero attached hydrogens (tertiary/aromatic N) is 1. The molecule has 5 heteroatoms. The number of carbonyl (C=O) groups excluding carboxylic acids is 1. The third-order valence-corrected chi connectivity index (χ3v) is 1.86. The molecule has 0 fully saturated rings. The van der Waals surface area contributed by atoms with Crippen LogP contribution in [0.25, 0.3) is 0 Å². The standard InChI is InChI=1S/C9H14N4O/c1-6(9(14)11-2)13-8-3-4-12-5-7(8)10/h3-6H,10H2,1-2H3,(H,11,14)(H,12,13). The van der Waals surface area contributed by atoms with Crippen LogP contribution in [0.1, 0.15) is 6.92 Å². The predicted molar refractivity (Wildman–Crippen MR) is 55.8 cm³/mol. The molecule has 0 spiro atoms. The highest BCUT2D eigenvalue weighted by Crippen LogP contribution is 2.15. The van der Waals surface area contributed by atoms with Gasteiger partial charge in [-0.1, -0.05) is 0 Å². The first-order valence-electron chi connectivity index (χ1n) is 4.32. The van der Waals surface area contributed by atoms with Gasteiger partial charge in [-0.3, -0.25) is 9.78 Å². The summed E-state index contributed by atoms with van der Waals surface area (Å²) in [5, 5.41) is 5.53. The van der Waals surface area contributed by atoms with Gasteiger partial charge in [-0.2, -0.15) is 0 Å². The summed E-state index contributed by atoms with van der Waals surface area (Å²) in [6.45, 7) is 1.76. The Labute approximate surface area is 82.7 Å². The van der Waals surface area contributed by atoms with E-state index in [4.69, 9.17) is 5.73 Å². The average Bonchev–Trinajstić information content (AvgIpc) is 2.20. The van der Waals surface area contributed by atoms with Crippen LogP contribution in [-0.2, 0) is 4.79 Å². The van der Waals surface area contributed by atoms with Crippen LogP contribution in [0.5, 0.6) is 0 Å². The maximum absolute atomic E-state index is 11.2. The van der Waals surface area contributed by atoms with Gasteiger partial charge in [-0.25, -0.2) is 0 Å². The van der Waals surface area contributed by atoms with Crippen LogP contribution in [0, 0.1) is 0 Å². The van der Waals surface area contributed by atoms with E-state index in [0.29, 0.717) is 5.69 Å². The highest BCUT2D eigenvalue weighted by molar-refractivity contribution is 5.85. The SMILES string of the molecule is CNC(=O)C(C)Nc1ccncc1N. The molecule has 0 saturated heterocycles. The van der Waals surface area contributed by atoms with Gasteiger partial charge in [0.1, 0.15) is 6.04 Å². The van der Waals surface area contributed by atoms with Crippen molar-refractivity contribution in [2.24, 2.45) is 0 Å². The van der Waals surface area contributed by atoms with Crippen LogP contribution < -0.4 is 16.4 Å². The fourth-order valence-corrected chi connectivity index (χ4v) is 1.05. The number of rotatable bonds is 3. The summed E-state index contributed by atoms with van der Waals surface area (Å²) in [6, 6.07) is 1.42. The molecule has 0 aromatic carbocycles. The monoisotopic (exact) mass is 194 g/mol. The van der Waals surface area contributed by atoms with Crippen LogP contribution in [0.2, 0.25) is 0 Å². The van der Waals surface area contributed by atoms with Gasteiger partial charge in [-0.15, -0.1) is 0 Å². The second-order valence-electron chi connectivity index (χ2n) is 2.94. The molecule has 4 N–H and O–H groups in total. The number of aromatic nitrogens is 1. The van der Waals surface area contributed by atoms with E-state index >= 15 is 0 Å². The molecular weight excluding hydrogens is 180 g/mol. The topological polar surface area (TPSA) is 80.0 Å². The van der Waals surface area contributed by atoms with Gasteiger partial charge in [0, 0.05) is 13.2 Å². The van der Waals surface area contributed by atoms with Gasteiger partial charge >= 0.3 is 0 Å². The first kappa shape index (κ1) is 10.3. The second-order valence-corrected chi connectivity index (χ2v) is 2.94. The van der Waals surface area contributed by atoms with E-state index in [-0.39, 0.29) is 11.9 Å². The number of nitrogens with two attached hydrogens (primary N) is 1. The van der Waals surface area contributed by atoms with Crippen LogP contribution in [0.4, 0.5) is 11.4 Å². The Kier molecular flexibility index (Phi) is 3.28. The molecular formula is C9H14N4O. The number of nitrogens with one attached hydrogen (secondary N) is 2. The Balaban J connectivity index is 2.69. The largest absolute Gasteiger partial charge is 0.396 e. The maximum Gasteiger partial charge on any atom is 0.241 e. The molecule has 1 amide bonds. The number of pyridine rings is 1. The minimum atomic E-state index is -0.315. The second kappa shape index (κ2) is 4.45. The fourth-order valence-electron chi connectivity index (χ4n) is 1.05. The van der Waals surface area contributed by atoms with E-state index in [1.807, 2.05) is 0 Å². The molecule has 5 nitrogen and oxygen atoms in total. The summed E-state index contributed by atoms with van der Waals surface area (Å²) in [5.74, 6) is -0.0822. The van der Waals surface area contributed by atoms with E-state index in [9.17, 15) is 4.79 Å². The van der Waals surface area contributed by atoms with Crippen molar-refractivity contribution in [3.8, 4) is 0 Å². The Hall–Kier alpha value is -1.78. The molecule has 1 heterocycles. The molecule has 14 heavy (non-hydrogen) atoms. The number of anilines is 2. The number of likely N-dealkylation sites (N-methyl/N-ethyl adjacent to an activating group) is 1. The molecule has 0 bridgehead atoms. The van der Waals surface area contributed by atoms with Gasteiger partial charge in [0.05, 0.1) is 17.6 Å². The normalized spacial score (nSPS) is 11.9. The van der Waals surface area contributed by atoms with E-state index < -0.39 is 0 Å². The Morgan fingerprint density at radius 2 is 2.36 bits per heavy atom. The van der Waals surface area contributed by atoms with Crippen molar-refractivity contribution in [3.63, 3.8) is 0 Å². The molecule has 76 valence electrons. The van der Waals surface area contributed by atoms with Crippen molar-refractivity contribution >= 4 is 17.3 Å². The van der Waals surface area contributed by atoms with Crippen molar-refractivity contribution in [1.29, 1.82) is 0 Å². The molecule has 1 aromatic heterocycles. The molecule has 1 aromatic rings. The molecule has 1 atom stereocenters. The highest BCUT2D eigenvalue weighted by Gasteiger charge is 2.11. The Bertz CT molecular complexity index is 326. The summed E-state index contributed by atoms with van der Waals surface area (Å²) in [7, 11) is 1.59. The lowest BCUT2D eigenvalue weighted by molar-refractivity contribution is -0.121.